The number of phenolic OH excluding ortho intramolecular Hbond substituents is 1. The summed E-state index contributed by atoms with van der Waals surface area (Å²) in [5, 5.41) is 10.3. The first-order chi connectivity index (χ1) is 11.7. The Morgan fingerprint density at radius 1 is 1.08 bits per heavy atom. The molecule has 0 spiro atoms. The molecule has 1 N–H and O–H groups in total. The van der Waals surface area contributed by atoms with Gasteiger partial charge in [-0.15, -0.1) is 0 Å². The molecule has 0 aliphatic carbocycles. The lowest BCUT2D eigenvalue weighted by Crippen LogP contribution is -2.34. The van der Waals surface area contributed by atoms with Crippen molar-refractivity contribution < 1.29 is 14.6 Å². The van der Waals surface area contributed by atoms with Gasteiger partial charge in [-0.25, -0.2) is 0 Å². The maximum absolute atomic E-state index is 13.1. The highest BCUT2D eigenvalue weighted by Crippen LogP contribution is 2.35. The predicted molar refractivity (Wildman–Crippen MR) is 93.3 cm³/mol. The van der Waals surface area contributed by atoms with Gasteiger partial charge in [-0.3, -0.25) is 4.79 Å². The lowest BCUT2D eigenvalue weighted by molar-refractivity contribution is 0.0677. The van der Waals surface area contributed by atoms with Gasteiger partial charge in [0.1, 0.15) is 0 Å². The van der Waals surface area contributed by atoms with Gasteiger partial charge in [0, 0.05) is 6.54 Å². The standard InChI is InChI=1S/C20H23NO3/c1-24-18-13-8-11-16(19(18)22)20(23)21-14-7-3-6-12-17(21)15-9-4-2-5-10-15/h2,4-5,8-11,13,17,22H,3,6-7,12,14H2,1H3/t17-/m0/s1. The van der Waals surface area contributed by atoms with Crippen LogP contribution in [0.4, 0.5) is 0 Å². The van der Waals surface area contributed by atoms with E-state index in [1.807, 2.05) is 23.1 Å². The fourth-order valence-corrected chi connectivity index (χ4v) is 3.39. The van der Waals surface area contributed by atoms with Crippen LogP contribution in [-0.4, -0.2) is 29.6 Å². The summed E-state index contributed by atoms with van der Waals surface area (Å²) < 4.78 is 5.14. The minimum atomic E-state index is -0.137. The van der Waals surface area contributed by atoms with Gasteiger partial charge < -0.3 is 14.7 Å². The maximum Gasteiger partial charge on any atom is 0.258 e. The highest BCUT2D eigenvalue weighted by Gasteiger charge is 2.29. The average Bonchev–Trinajstić information content (AvgIpc) is 2.88. The van der Waals surface area contributed by atoms with Crippen LogP contribution in [0.2, 0.25) is 0 Å². The van der Waals surface area contributed by atoms with Crippen molar-refractivity contribution in [3.8, 4) is 11.5 Å². The topological polar surface area (TPSA) is 49.8 Å². The predicted octanol–water partition coefficient (Wildman–Crippen LogP) is 4.16. The molecule has 1 saturated heterocycles. The third kappa shape index (κ3) is 3.23. The van der Waals surface area contributed by atoms with Gasteiger partial charge in [0.05, 0.1) is 18.7 Å². The van der Waals surface area contributed by atoms with E-state index in [9.17, 15) is 9.90 Å². The smallest absolute Gasteiger partial charge is 0.258 e. The Labute approximate surface area is 142 Å². The number of carbonyl (C=O) groups is 1. The minimum absolute atomic E-state index is 0.0480. The molecule has 1 fully saturated rings. The number of likely N-dealkylation sites (tertiary alicyclic amines) is 1. The second kappa shape index (κ2) is 7.39. The Hall–Kier alpha value is -2.49. The Morgan fingerprint density at radius 3 is 2.62 bits per heavy atom. The minimum Gasteiger partial charge on any atom is -0.504 e. The van der Waals surface area contributed by atoms with Crippen molar-refractivity contribution in [2.75, 3.05) is 13.7 Å². The van der Waals surface area contributed by atoms with Crippen LogP contribution in [0.15, 0.2) is 48.5 Å². The van der Waals surface area contributed by atoms with Crippen molar-refractivity contribution in [2.24, 2.45) is 0 Å². The number of hydrogen-bond acceptors (Lipinski definition) is 3. The number of para-hydroxylation sites is 1. The van der Waals surface area contributed by atoms with Crippen molar-refractivity contribution >= 4 is 5.91 Å². The van der Waals surface area contributed by atoms with Crippen LogP contribution in [-0.2, 0) is 0 Å². The van der Waals surface area contributed by atoms with Gasteiger partial charge in [0.2, 0.25) is 0 Å². The molecule has 4 heteroatoms. The first-order valence-electron chi connectivity index (χ1n) is 8.44. The van der Waals surface area contributed by atoms with Gasteiger partial charge in [0.15, 0.2) is 11.5 Å². The summed E-state index contributed by atoms with van der Waals surface area (Å²) in [5.41, 5.74) is 1.45. The average molecular weight is 325 g/mol. The number of aromatic hydroxyl groups is 1. The number of hydrogen-bond donors (Lipinski definition) is 1. The summed E-state index contributed by atoms with van der Waals surface area (Å²) in [5.74, 6) is 0.107. The molecule has 0 saturated carbocycles. The van der Waals surface area contributed by atoms with Crippen LogP contribution in [0.3, 0.4) is 0 Å². The van der Waals surface area contributed by atoms with Gasteiger partial charge >= 0.3 is 0 Å². The lowest BCUT2D eigenvalue weighted by atomic mass is 10.00. The summed E-state index contributed by atoms with van der Waals surface area (Å²) in [6.45, 7) is 0.703. The summed E-state index contributed by atoms with van der Waals surface area (Å²) in [6.07, 6.45) is 4.16. The van der Waals surface area contributed by atoms with E-state index in [1.165, 1.54) is 7.11 Å². The molecule has 1 atom stereocenters. The molecule has 1 aliphatic heterocycles. The Bertz CT molecular complexity index is 699. The van der Waals surface area contributed by atoms with Crippen molar-refractivity contribution in [1.82, 2.24) is 4.90 Å². The van der Waals surface area contributed by atoms with Gasteiger partial charge in [-0.05, 0) is 30.5 Å². The molecular weight excluding hydrogens is 302 g/mol. The van der Waals surface area contributed by atoms with Crippen LogP contribution in [0.25, 0.3) is 0 Å². The fourth-order valence-electron chi connectivity index (χ4n) is 3.39. The highest BCUT2D eigenvalue weighted by atomic mass is 16.5. The van der Waals surface area contributed by atoms with E-state index in [4.69, 9.17) is 4.74 Å². The van der Waals surface area contributed by atoms with Crippen LogP contribution >= 0.6 is 0 Å². The summed E-state index contributed by atoms with van der Waals surface area (Å²) in [4.78, 5) is 15.0. The van der Waals surface area contributed by atoms with Gasteiger partial charge in [0.25, 0.3) is 5.91 Å². The zero-order valence-corrected chi connectivity index (χ0v) is 13.9. The van der Waals surface area contributed by atoms with E-state index >= 15 is 0 Å². The van der Waals surface area contributed by atoms with Crippen molar-refractivity contribution in [1.29, 1.82) is 0 Å². The SMILES string of the molecule is COc1cccc(C(=O)N2CCCCC[C@H]2c2ccccc2)c1O. The van der Waals surface area contributed by atoms with Crippen molar-refractivity contribution in [2.45, 2.75) is 31.7 Å². The first-order valence-corrected chi connectivity index (χ1v) is 8.44. The van der Waals surface area contributed by atoms with Crippen LogP contribution in [0.5, 0.6) is 11.5 Å². The molecule has 4 nitrogen and oxygen atoms in total. The number of benzene rings is 2. The summed E-state index contributed by atoms with van der Waals surface area (Å²) in [7, 11) is 1.49. The molecule has 0 aromatic heterocycles. The van der Waals surface area contributed by atoms with Crippen LogP contribution < -0.4 is 4.74 Å². The van der Waals surface area contributed by atoms with Crippen molar-refractivity contribution in [3.05, 3.63) is 59.7 Å². The molecule has 1 aliphatic rings. The van der Waals surface area contributed by atoms with E-state index in [2.05, 4.69) is 12.1 Å². The van der Waals surface area contributed by atoms with Crippen molar-refractivity contribution in [3.63, 3.8) is 0 Å². The van der Waals surface area contributed by atoms with Crippen LogP contribution in [0, 0.1) is 0 Å². The Kier molecular flexibility index (Phi) is 5.04. The zero-order chi connectivity index (χ0) is 16.9. The second-order valence-corrected chi connectivity index (χ2v) is 6.13. The van der Waals surface area contributed by atoms with E-state index < -0.39 is 0 Å². The third-order valence-electron chi connectivity index (χ3n) is 4.65. The van der Waals surface area contributed by atoms with Gasteiger partial charge in [-0.2, -0.15) is 0 Å². The molecule has 0 bridgehead atoms. The molecular formula is C20H23NO3. The molecule has 0 unspecified atom stereocenters. The maximum atomic E-state index is 13.1. The van der Waals surface area contributed by atoms with E-state index in [-0.39, 0.29) is 17.7 Å². The number of amides is 1. The third-order valence-corrected chi connectivity index (χ3v) is 4.65. The first kappa shape index (κ1) is 16.4. The fraction of sp³-hybridized carbons (Fsp3) is 0.350. The molecule has 3 rings (SSSR count). The van der Waals surface area contributed by atoms with E-state index in [0.717, 1.165) is 31.2 Å². The summed E-state index contributed by atoms with van der Waals surface area (Å²) >= 11 is 0. The summed E-state index contributed by atoms with van der Waals surface area (Å²) in [6, 6.07) is 15.2. The molecule has 1 amide bonds. The molecule has 0 radical (unpaired) electrons. The Morgan fingerprint density at radius 2 is 1.88 bits per heavy atom. The van der Waals surface area contributed by atoms with E-state index in [1.54, 1.807) is 18.2 Å². The number of nitrogens with zero attached hydrogens (tertiary/aromatic N) is 1. The molecule has 24 heavy (non-hydrogen) atoms. The lowest BCUT2D eigenvalue weighted by Gasteiger charge is -2.31. The monoisotopic (exact) mass is 325 g/mol. The molecule has 2 aromatic carbocycles. The molecule has 1 heterocycles. The largest absolute Gasteiger partial charge is 0.504 e. The molecule has 2 aromatic rings. The molecule has 126 valence electrons. The van der Waals surface area contributed by atoms with Gasteiger partial charge in [-0.1, -0.05) is 49.2 Å². The zero-order valence-electron chi connectivity index (χ0n) is 13.9. The number of rotatable bonds is 3. The number of phenols is 1. The van der Waals surface area contributed by atoms with Crippen LogP contribution in [0.1, 0.15) is 47.6 Å². The number of carbonyl (C=O) groups excluding carboxylic acids is 1. The normalized spacial score (nSPS) is 18.0. The highest BCUT2D eigenvalue weighted by molar-refractivity contribution is 5.98. The second-order valence-electron chi connectivity index (χ2n) is 6.13. The Balaban J connectivity index is 1.96. The van der Waals surface area contributed by atoms with E-state index in [0.29, 0.717) is 17.9 Å². The number of ether oxygens (including phenoxy) is 1. The quantitative estimate of drug-likeness (QED) is 0.922. The number of methoxy groups -OCH3 is 1.